The van der Waals surface area contributed by atoms with Gasteiger partial charge in [0.05, 0.1) is 0 Å². The second kappa shape index (κ2) is 8.61. The second-order valence-corrected chi connectivity index (χ2v) is 7.97. The van der Waals surface area contributed by atoms with Gasteiger partial charge in [0.2, 0.25) is 0 Å². The molecule has 4 nitrogen and oxygen atoms in total. The van der Waals surface area contributed by atoms with Gasteiger partial charge in [-0.15, -0.1) is 0 Å². The van der Waals surface area contributed by atoms with Crippen molar-refractivity contribution in [2.24, 2.45) is 0 Å². The van der Waals surface area contributed by atoms with Crippen LogP contribution in [0.3, 0.4) is 0 Å². The maximum atomic E-state index is 11.8. The lowest BCUT2D eigenvalue weighted by atomic mass is 9.92. The van der Waals surface area contributed by atoms with Crippen LogP contribution in [0.5, 0.6) is 11.5 Å². The maximum absolute atomic E-state index is 11.8. The molecule has 0 fully saturated rings. The number of allylic oxidation sites excluding steroid dienone is 2. The van der Waals surface area contributed by atoms with E-state index in [9.17, 15) is 15.0 Å². The number of aromatic hydroxyl groups is 1. The lowest BCUT2D eigenvalue weighted by Crippen LogP contribution is -2.29. The number of ether oxygens (including phenoxy) is 1. The molecule has 0 saturated heterocycles. The Morgan fingerprint density at radius 1 is 1.31 bits per heavy atom. The van der Waals surface area contributed by atoms with Crippen molar-refractivity contribution in [2.75, 3.05) is 0 Å². The fourth-order valence-corrected chi connectivity index (χ4v) is 3.55. The van der Waals surface area contributed by atoms with Gasteiger partial charge < -0.3 is 14.9 Å². The van der Waals surface area contributed by atoms with Crippen LogP contribution in [-0.2, 0) is 12.8 Å². The zero-order chi connectivity index (χ0) is 19.3. The number of carboxylic acid groups (broad SMARTS) is 1. The Morgan fingerprint density at radius 2 is 2.04 bits per heavy atom. The minimum atomic E-state index is -1.08. The molecule has 0 bridgehead atoms. The quantitative estimate of drug-likeness (QED) is 0.526. The predicted octanol–water partition coefficient (Wildman–Crippen LogP) is 5.65. The van der Waals surface area contributed by atoms with Crippen molar-refractivity contribution in [3.8, 4) is 11.5 Å². The first-order chi connectivity index (χ1) is 12.2. The summed E-state index contributed by atoms with van der Waals surface area (Å²) in [5.41, 5.74) is 2.18. The first kappa shape index (κ1) is 20.3. The third kappa shape index (κ3) is 5.03. The Morgan fingerprint density at radius 3 is 2.69 bits per heavy atom. The third-order valence-electron chi connectivity index (χ3n) is 5.10. The predicted molar refractivity (Wildman–Crippen MR) is 104 cm³/mol. The number of phenols is 1. The minimum absolute atomic E-state index is 0.0318. The summed E-state index contributed by atoms with van der Waals surface area (Å²) in [6, 6.07) is 1.85. The van der Waals surface area contributed by atoms with Gasteiger partial charge in [-0.05, 0) is 70.9 Å². The van der Waals surface area contributed by atoms with E-state index < -0.39 is 5.97 Å². The SMILES string of the molecule is CCCCCc1cc2c(c(O)c1C(=O)O)C/C=C(/C)CCCC(C)(C)O2. The van der Waals surface area contributed by atoms with Crippen LogP contribution in [-0.4, -0.2) is 21.8 Å². The average Bonchev–Trinajstić information content (AvgIpc) is 2.53. The third-order valence-corrected chi connectivity index (χ3v) is 5.10. The van der Waals surface area contributed by atoms with Gasteiger partial charge in [0.1, 0.15) is 22.7 Å². The smallest absolute Gasteiger partial charge is 0.339 e. The van der Waals surface area contributed by atoms with Crippen LogP contribution in [0, 0.1) is 0 Å². The van der Waals surface area contributed by atoms with Gasteiger partial charge in [0, 0.05) is 5.56 Å². The molecular weight excluding hydrogens is 328 g/mol. The van der Waals surface area contributed by atoms with Crippen LogP contribution < -0.4 is 4.74 Å². The molecule has 0 aromatic heterocycles. The zero-order valence-electron chi connectivity index (χ0n) is 16.5. The molecule has 1 aliphatic heterocycles. The van der Waals surface area contributed by atoms with E-state index in [2.05, 4.69) is 33.8 Å². The van der Waals surface area contributed by atoms with Crippen LogP contribution in [0.25, 0.3) is 0 Å². The van der Waals surface area contributed by atoms with Crippen molar-refractivity contribution in [3.05, 3.63) is 34.4 Å². The van der Waals surface area contributed by atoms with Gasteiger partial charge in [0.15, 0.2) is 0 Å². The van der Waals surface area contributed by atoms with Crippen molar-refractivity contribution >= 4 is 5.97 Å². The number of hydrogen-bond donors (Lipinski definition) is 2. The van der Waals surface area contributed by atoms with Crippen molar-refractivity contribution < 1.29 is 19.7 Å². The molecule has 0 saturated carbocycles. The van der Waals surface area contributed by atoms with Gasteiger partial charge in [-0.1, -0.05) is 31.4 Å². The van der Waals surface area contributed by atoms with E-state index in [0.717, 1.165) is 38.5 Å². The molecule has 4 heteroatoms. The summed E-state index contributed by atoms with van der Waals surface area (Å²) in [5.74, 6) is -0.592. The van der Waals surface area contributed by atoms with E-state index in [1.807, 2.05) is 6.07 Å². The van der Waals surface area contributed by atoms with E-state index in [0.29, 0.717) is 29.7 Å². The summed E-state index contributed by atoms with van der Waals surface area (Å²) in [6.07, 6.45) is 9.13. The van der Waals surface area contributed by atoms with Crippen molar-refractivity contribution in [1.29, 1.82) is 0 Å². The summed E-state index contributed by atoms with van der Waals surface area (Å²) in [5, 5.41) is 20.5. The van der Waals surface area contributed by atoms with E-state index in [1.165, 1.54) is 5.57 Å². The van der Waals surface area contributed by atoms with Gasteiger partial charge >= 0.3 is 5.97 Å². The number of carbonyl (C=O) groups is 1. The molecule has 2 N–H and O–H groups in total. The van der Waals surface area contributed by atoms with Crippen LogP contribution in [0.15, 0.2) is 17.7 Å². The van der Waals surface area contributed by atoms with Crippen molar-refractivity contribution in [1.82, 2.24) is 0 Å². The number of rotatable bonds is 5. The van der Waals surface area contributed by atoms with Gasteiger partial charge in [-0.2, -0.15) is 0 Å². The van der Waals surface area contributed by atoms with Crippen LogP contribution >= 0.6 is 0 Å². The first-order valence-corrected chi connectivity index (χ1v) is 9.71. The number of fused-ring (bicyclic) bond motifs is 1. The van der Waals surface area contributed by atoms with E-state index in [-0.39, 0.29) is 16.9 Å². The molecule has 1 aliphatic rings. The number of carboxylic acids is 1. The molecule has 0 spiro atoms. The molecule has 26 heavy (non-hydrogen) atoms. The fourth-order valence-electron chi connectivity index (χ4n) is 3.55. The lowest BCUT2D eigenvalue weighted by molar-refractivity contribution is 0.0691. The van der Waals surface area contributed by atoms with E-state index >= 15 is 0 Å². The van der Waals surface area contributed by atoms with Crippen LogP contribution in [0.2, 0.25) is 0 Å². The fraction of sp³-hybridized carbons (Fsp3) is 0.591. The largest absolute Gasteiger partial charge is 0.507 e. The highest BCUT2D eigenvalue weighted by molar-refractivity contribution is 5.93. The summed E-state index contributed by atoms with van der Waals surface area (Å²) < 4.78 is 6.28. The Bertz CT molecular complexity index is 686. The van der Waals surface area contributed by atoms with Crippen molar-refractivity contribution in [2.45, 2.75) is 84.7 Å². The molecule has 0 atom stereocenters. The summed E-state index contributed by atoms with van der Waals surface area (Å²) >= 11 is 0. The highest BCUT2D eigenvalue weighted by Crippen LogP contribution is 2.39. The minimum Gasteiger partial charge on any atom is -0.507 e. The summed E-state index contributed by atoms with van der Waals surface area (Å²) in [7, 11) is 0. The van der Waals surface area contributed by atoms with E-state index in [4.69, 9.17) is 4.74 Å². The molecule has 1 heterocycles. The Balaban J connectivity index is 2.56. The highest BCUT2D eigenvalue weighted by atomic mass is 16.5. The number of unbranched alkanes of at least 4 members (excludes halogenated alkanes) is 2. The molecule has 0 amide bonds. The molecule has 1 aromatic carbocycles. The van der Waals surface area contributed by atoms with E-state index in [1.54, 1.807) is 0 Å². The molecule has 0 unspecified atom stereocenters. The maximum Gasteiger partial charge on any atom is 0.339 e. The Kier molecular flexibility index (Phi) is 6.74. The Labute approximate surface area is 156 Å². The van der Waals surface area contributed by atoms with Crippen LogP contribution in [0.1, 0.15) is 87.7 Å². The second-order valence-electron chi connectivity index (χ2n) is 7.97. The van der Waals surface area contributed by atoms with Gasteiger partial charge in [-0.3, -0.25) is 0 Å². The van der Waals surface area contributed by atoms with Crippen LogP contribution in [0.4, 0.5) is 0 Å². The topological polar surface area (TPSA) is 66.8 Å². The Hall–Kier alpha value is -1.97. The molecule has 144 valence electrons. The highest BCUT2D eigenvalue weighted by Gasteiger charge is 2.27. The molecule has 2 rings (SSSR count). The summed E-state index contributed by atoms with van der Waals surface area (Å²) in [4.78, 5) is 11.8. The molecule has 0 radical (unpaired) electrons. The number of hydrogen-bond acceptors (Lipinski definition) is 3. The monoisotopic (exact) mass is 360 g/mol. The molecule has 0 aliphatic carbocycles. The summed E-state index contributed by atoms with van der Waals surface area (Å²) in [6.45, 7) is 8.30. The standard InChI is InChI=1S/C22H32O4/c1-5-6-7-10-16-14-18-17(20(23)19(16)21(24)25)12-11-15(2)9-8-13-22(3,4)26-18/h11,14,23H,5-10,12-13H2,1-4H3,(H,24,25)/b15-11-. The number of aryl methyl sites for hydroxylation is 1. The molecule has 1 aromatic rings. The number of benzene rings is 1. The van der Waals surface area contributed by atoms with Crippen molar-refractivity contribution in [3.63, 3.8) is 0 Å². The lowest BCUT2D eigenvalue weighted by Gasteiger charge is -2.30. The van der Waals surface area contributed by atoms with Gasteiger partial charge in [-0.25, -0.2) is 4.79 Å². The van der Waals surface area contributed by atoms with Gasteiger partial charge in [0.25, 0.3) is 0 Å². The zero-order valence-corrected chi connectivity index (χ0v) is 16.5. The normalized spacial score (nSPS) is 19.0. The number of aromatic carboxylic acids is 1. The molecular formula is C22H32O4. The average molecular weight is 360 g/mol. The first-order valence-electron chi connectivity index (χ1n) is 9.71.